The number of nitrogens with zero attached hydrogens (tertiary/aromatic N) is 4. The molecule has 10 heteroatoms. The van der Waals surface area contributed by atoms with Crippen molar-refractivity contribution >= 4 is 60.8 Å². The monoisotopic (exact) mass is 390 g/mol. The van der Waals surface area contributed by atoms with Crippen LogP contribution in [-0.2, 0) is 4.79 Å². The Morgan fingerprint density at radius 1 is 1.29 bits per heavy atom. The Balaban J connectivity index is 0. The summed E-state index contributed by atoms with van der Waals surface area (Å²) in [6.45, 7) is 1.94. The van der Waals surface area contributed by atoms with Crippen LogP contribution in [0.25, 0.3) is 0 Å². The molecule has 1 amide bonds. The Hall–Kier alpha value is -1.35. The summed E-state index contributed by atoms with van der Waals surface area (Å²) >= 11 is 0. The van der Waals surface area contributed by atoms with Crippen molar-refractivity contribution in [1.29, 1.82) is 10.5 Å². The number of rotatable bonds is 3. The quantitative estimate of drug-likeness (QED) is 0.305. The van der Waals surface area contributed by atoms with Crippen LogP contribution in [0.5, 0.6) is 0 Å². The van der Waals surface area contributed by atoms with Gasteiger partial charge in [0.15, 0.2) is 0 Å². The molecule has 2 N–H and O–H groups in total. The third kappa shape index (κ3) is 6.64. The summed E-state index contributed by atoms with van der Waals surface area (Å²) < 4.78 is 0. The first-order valence-corrected chi connectivity index (χ1v) is 6.24. The number of carbonyl (C=O) groups excluding carboxylic acids is 1. The molecule has 1 aromatic rings. The average molecular weight is 391 g/mol. The number of benzene rings is 1. The van der Waals surface area contributed by atoms with E-state index in [1.54, 1.807) is 24.3 Å². The second-order valence-electron chi connectivity index (χ2n) is 4.51. The molecule has 1 aliphatic rings. The largest absolute Gasteiger partial charge is 2.00 e. The Bertz CT molecular complexity index is 689. The normalized spacial score (nSPS) is 14.7. The van der Waals surface area contributed by atoms with Gasteiger partial charge in [-0.25, -0.2) is 5.43 Å². The predicted molar refractivity (Wildman–Crippen MR) is 82.9 cm³/mol. The summed E-state index contributed by atoms with van der Waals surface area (Å²) in [6, 6.07) is 10.5. The van der Waals surface area contributed by atoms with Crippen molar-refractivity contribution in [2.75, 3.05) is 5.43 Å². The van der Waals surface area contributed by atoms with Gasteiger partial charge in [-0.2, -0.15) is 20.7 Å². The van der Waals surface area contributed by atoms with Crippen LogP contribution in [0, 0.1) is 28.6 Å². The van der Waals surface area contributed by atoms with Gasteiger partial charge in [0, 0.05) is 12.3 Å². The fraction of sp³-hybridized carbons (Fsp3) is 0.214. The number of anilines is 1. The Kier molecular flexibility index (Phi) is 12.5. The second kappa shape index (κ2) is 12.1. The van der Waals surface area contributed by atoms with E-state index in [2.05, 4.69) is 21.1 Å². The molecule has 0 aliphatic carbocycles. The Morgan fingerprint density at radius 2 is 1.88 bits per heavy atom. The van der Waals surface area contributed by atoms with Gasteiger partial charge in [-0.3, -0.25) is 10.2 Å². The molecular formula is C14H12CaCl2N6O. The average Bonchev–Trinajstić information content (AvgIpc) is 2.49. The van der Waals surface area contributed by atoms with Crippen LogP contribution >= 0.6 is 0 Å². The fourth-order valence-corrected chi connectivity index (χ4v) is 1.91. The minimum atomic E-state index is -0.243. The number of nitrogens with one attached hydrogen (secondary N) is 2. The topological polar surface area (TPSA) is 113 Å². The molecule has 2 rings (SSSR count). The molecule has 120 valence electrons. The standard InChI is InChI=1S/C14H12N6O.Ca.2ClH/c1-9-6-13(21)19-20-14(9)10-2-4-11(5-3-10)17-18-12(7-15)8-16;;;/h2-5,9,17H,6H2,1H3,(H,19,21);;2*1H/q;+2;;/p-2/t9-;;;/m1.../s1. The first-order chi connectivity index (χ1) is 10.1. The maximum atomic E-state index is 11.2. The van der Waals surface area contributed by atoms with Gasteiger partial charge >= 0.3 is 37.7 Å². The van der Waals surface area contributed by atoms with Crippen molar-refractivity contribution < 1.29 is 29.6 Å². The Labute approximate surface area is 182 Å². The minimum Gasteiger partial charge on any atom is -1.00 e. The molecule has 24 heavy (non-hydrogen) atoms. The van der Waals surface area contributed by atoms with Crippen molar-refractivity contribution in [2.45, 2.75) is 13.3 Å². The molecule has 1 atom stereocenters. The molecule has 0 saturated heterocycles. The Morgan fingerprint density at radius 3 is 2.38 bits per heavy atom. The first-order valence-electron chi connectivity index (χ1n) is 6.24. The second-order valence-corrected chi connectivity index (χ2v) is 4.51. The number of halogens is 2. The number of nitriles is 2. The summed E-state index contributed by atoms with van der Waals surface area (Å²) in [4.78, 5) is 11.2. The summed E-state index contributed by atoms with van der Waals surface area (Å²) in [5.41, 5.74) is 7.22. The smallest absolute Gasteiger partial charge is 1.00 e. The molecular weight excluding hydrogens is 379 g/mol. The third-order valence-electron chi connectivity index (χ3n) is 2.95. The summed E-state index contributed by atoms with van der Waals surface area (Å²) in [5.74, 6) is -0.0289. The molecule has 0 unspecified atom stereocenters. The third-order valence-corrected chi connectivity index (χ3v) is 2.95. The van der Waals surface area contributed by atoms with Gasteiger partial charge in [-0.15, -0.1) is 0 Å². The van der Waals surface area contributed by atoms with E-state index in [4.69, 9.17) is 10.5 Å². The summed E-state index contributed by atoms with van der Waals surface area (Å²) in [6.07, 6.45) is 0.414. The van der Waals surface area contributed by atoms with Crippen molar-refractivity contribution in [1.82, 2.24) is 5.43 Å². The van der Waals surface area contributed by atoms with Crippen LogP contribution in [0.4, 0.5) is 5.69 Å². The molecule has 0 radical (unpaired) electrons. The van der Waals surface area contributed by atoms with Crippen LogP contribution < -0.4 is 35.7 Å². The van der Waals surface area contributed by atoms with Crippen LogP contribution in [0.2, 0.25) is 0 Å². The van der Waals surface area contributed by atoms with Crippen LogP contribution in [0.3, 0.4) is 0 Å². The predicted octanol–water partition coefficient (Wildman–Crippen LogP) is -5.01. The van der Waals surface area contributed by atoms with E-state index in [-0.39, 0.29) is 80.1 Å². The zero-order chi connectivity index (χ0) is 15.2. The van der Waals surface area contributed by atoms with Crippen LogP contribution in [0.1, 0.15) is 18.9 Å². The van der Waals surface area contributed by atoms with Crippen LogP contribution in [-0.4, -0.2) is 55.1 Å². The molecule has 1 heterocycles. The first kappa shape index (κ1) is 24.9. The van der Waals surface area contributed by atoms with Gasteiger partial charge < -0.3 is 24.8 Å². The molecule has 1 aromatic carbocycles. The van der Waals surface area contributed by atoms with Crippen molar-refractivity contribution in [2.24, 2.45) is 16.1 Å². The van der Waals surface area contributed by atoms with Crippen molar-refractivity contribution in [3.05, 3.63) is 29.8 Å². The number of hydrogen-bond acceptors (Lipinski definition) is 6. The van der Waals surface area contributed by atoms with Gasteiger partial charge in [0.25, 0.3) is 0 Å². The van der Waals surface area contributed by atoms with E-state index in [0.29, 0.717) is 12.1 Å². The molecule has 1 aliphatic heterocycles. The zero-order valence-electron chi connectivity index (χ0n) is 12.8. The molecule has 0 bridgehead atoms. The van der Waals surface area contributed by atoms with E-state index in [9.17, 15) is 4.79 Å². The maximum Gasteiger partial charge on any atom is 2.00 e. The van der Waals surface area contributed by atoms with Gasteiger partial charge in [-0.05, 0) is 17.7 Å². The van der Waals surface area contributed by atoms with Gasteiger partial charge in [0.2, 0.25) is 11.6 Å². The number of amides is 1. The van der Waals surface area contributed by atoms with E-state index in [0.717, 1.165) is 11.3 Å². The van der Waals surface area contributed by atoms with Crippen LogP contribution in [0.15, 0.2) is 34.5 Å². The fourth-order valence-electron chi connectivity index (χ4n) is 1.91. The molecule has 0 aromatic heterocycles. The van der Waals surface area contributed by atoms with Crippen molar-refractivity contribution in [3.8, 4) is 12.1 Å². The summed E-state index contributed by atoms with van der Waals surface area (Å²) in [5, 5.41) is 24.9. The number of carbonyl (C=O) groups is 1. The van der Waals surface area contributed by atoms with Gasteiger partial charge in [0.05, 0.1) is 11.4 Å². The van der Waals surface area contributed by atoms with E-state index in [1.165, 1.54) is 0 Å². The maximum absolute atomic E-state index is 11.2. The van der Waals surface area contributed by atoms with E-state index < -0.39 is 0 Å². The molecule has 0 saturated carbocycles. The van der Waals surface area contributed by atoms with E-state index in [1.807, 2.05) is 19.1 Å². The molecule has 7 nitrogen and oxygen atoms in total. The SMILES string of the molecule is C[C@@H]1CC(=O)NN=C1c1ccc(NN=C(C#N)C#N)cc1.[Ca+2].[Cl-].[Cl-]. The van der Waals surface area contributed by atoms with Crippen molar-refractivity contribution in [3.63, 3.8) is 0 Å². The van der Waals surface area contributed by atoms with Gasteiger partial charge in [-0.1, -0.05) is 19.1 Å². The zero-order valence-corrected chi connectivity index (χ0v) is 16.5. The van der Waals surface area contributed by atoms with E-state index >= 15 is 0 Å². The molecule has 0 fully saturated rings. The summed E-state index contributed by atoms with van der Waals surface area (Å²) in [7, 11) is 0. The number of hydrogen-bond donors (Lipinski definition) is 2. The number of hydrazone groups is 2. The van der Waals surface area contributed by atoms with Gasteiger partial charge in [0.1, 0.15) is 12.1 Å². The molecule has 0 spiro atoms. The minimum absolute atomic E-state index is 0.